The molecule has 0 aliphatic rings. The molecule has 70 valence electrons. The van der Waals surface area contributed by atoms with Crippen LogP contribution in [-0.4, -0.2) is 10.8 Å². The average Bonchev–Trinajstić information content (AvgIpc) is 2.69. The molecular weight excluding hydrogens is 194 g/mol. The van der Waals surface area contributed by atoms with Gasteiger partial charge in [-0.25, -0.2) is 0 Å². The van der Waals surface area contributed by atoms with Gasteiger partial charge in [0.15, 0.2) is 5.78 Å². The SMILES string of the molecule is Cc1cncc(C(=O)c2ccsc2)c1. The minimum absolute atomic E-state index is 0.0439. The molecule has 0 radical (unpaired) electrons. The molecule has 0 bridgehead atoms. The fourth-order valence-electron chi connectivity index (χ4n) is 1.24. The third-order valence-electron chi connectivity index (χ3n) is 1.92. The molecule has 0 aliphatic carbocycles. The molecule has 2 aromatic heterocycles. The lowest BCUT2D eigenvalue weighted by molar-refractivity contribution is 0.103. The summed E-state index contributed by atoms with van der Waals surface area (Å²) in [6.07, 6.45) is 3.34. The minimum atomic E-state index is 0.0439. The Hall–Kier alpha value is -1.48. The number of pyridine rings is 1. The summed E-state index contributed by atoms with van der Waals surface area (Å²) in [6.45, 7) is 1.93. The number of nitrogens with zero attached hydrogens (tertiary/aromatic N) is 1. The highest BCUT2D eigenvalue weighted by Crippen LogP contribution is 2.12. The van der Waals surface area contributed by atoms with Gasteiger partial charge in [0.2, 0.25) is 0 Å². The Balaban J connectivity index is 2.37. The minimum Gasteiger partial charge on any atom is -0.289 e. The van der Waals surface area contributed by atoms with Gasteiger partial charge in [-0.05, 0) is 30.0 Å². The van der Waals surface area contributed by atoms with Crippen LogP contribution in [0.5, 0.6) is 0 Å². The maximum atomic E-state index is 11.8. The number of rotatable bonds is 2. The van der Waals surface area contributed by atoms with Crippen molar-refractivity contribution >= 4 is 17.1 Å². The van der Waals surface area contributed by atoms with Crippen LogP contribution in [0, 0.1) is 6.92 Å². The lowest BCUT2D eigenvalue weighted by Gasteiger charge is -1.98. The van der Waals surface area contributed by atoms with Crippen molar-refractivity contribution < 1.29 is 4.79 Å². The van der Waals surface area contributed by atoms with Crippen molar-refractivity contribution in [3.05, 3.63) is 52.0 Å². The predicted molar refractivity (Wildman–Crippen MR) is 56.7 cm³/mol. The van der Waals surface area contributed by atoms with Crippen LogP contribution in [0.25, 0.3) is 0 Å². The molecule has 0 amide bonds. The van der Waals surface area contributed by atoms with E-state index in [1.807, 2.05) is 29.8 Å². The van der Waals surface area contributed by atoms with Crippen LogP contribution in [0.2, 0.25) is 0 Å². The summed E-state index contributed by atoms with van der Waals surface area (Å²) < 4.78 is 0. The molecule has 2 heterocycles. The fourth-order valence-corrected chi connectivity index (χ4v) is 1.88. The quantitative estimate of drug-likeness (QED) is 0.702. The molecule has 0 spiro atoms. The normalized spacial score (nSPS) is 10.1. The van der Waals surface area contributed by atoms with Crippen LogP contribution in [0.15, 0.2) is 35.3 Å². The Bertz CT molecular complexity index is 448. The van der Waals surface area contributed by atoms with E-state index in [1.165, 1.54) is 11.3 Å². The summed E-state index contributed by atoms with van der Waals surface area (Å²) in [6, 6.07) is 3.68. The van der Waals surface area contributed by atoms with Gasteiger partial charge in [0.05, 0.1) is 0 Å². The fraction of sp³-hybridized carbons (Fsp3) is 0.0909. The van der Waals surface area contributed by atoms with Gasteiger partial charge >= 0.3 is 0 Å². The average molecular weight is 203 g/mol. The third-order valence-corrected chi connectivity index (χ3v) is 2.60. The molecule has 2 rings (SSSR count). The monoisotopic (exact) mass is 203 g/mol. The predicted octanol–water partition coefficient (Wildman–Crippen LogP) is 2.68. The summed E-state index contributed by atoms with van der Waals surface area (Å²) in [5, 5.41) is 3.75. The Morgan fingerprint density at radius 3 is 2.86 bits per heavy atom. The number of aromatic nitrogens is 1. The van der Waals surface area contributed by atoms with E-state index in [0.29, 0.717) is 5.56 Å². The van der Waals surface area contributed by atoms with E-state index in [9.17, 15) is 4.79 Å². The number of aryl methyl sites for hydroxylation is 1. The number of ketones is 1. The number of hydrogen-bond donors (Lipinski definition) is 0. The van der Waals surface area contributed by atoms with Crippen molar-refractivity contribution in [3.8, 4) is 0 Å². The Morgan fingerprint density at radius 2 is 2.21 bits per heavy atom. The van der Waals surface area contributed by atoms with E-state index in [1.54, 1.807) is 12.4 Å². The van der Waals surface area contributed by atoms with Crippen LogP contribution in [0.3, 0.4) is 0 Å². The number of carbonyl (C=O) groups excluding carboxylic acids is 1. The Morgan fingerprint density at radius 1 is 1.36 bits per heavy atom. The molecule has 0 fully saturated rings. The van der Waals surface area contributed by atoms with Gasteiger partial charge in [-0.2, -0.15) is 11.3 Å². The smallest absolute Gasteiger partial charge is 0.195 e. The zero-order chi connectivity index (χ0) is 9.97. The van der Waals surface area contributed by atoms with E-state index >= 15 is 0 Å². The second-order valence-electron chi connectivity index (χ2n) is 3.09. The Kier molecular flexibility index (Phi) is 2.41. The molecular formula is C11H9NOS. The maximum absolute atomic E-state index is 11.8. The number of hydrogen-bond acceptors (Lipinski definition) is 3. The zero-order valence-electron chi connectivity index (χ0n) is 7.73. The molecule has 0 aromatic carbocycles. The van der Waals surface area contributed by atoms with Crippen LogP contribution in [-0.2, 0) is 0 Å². The van der Waals surface area contributed by atoms with E-state index in [-0.39, 0.29) is 5.78 Å². The lowest BCUT2D eigenvalue weighted by Crippen LogP contribution is -2.00. The third kappa shape index (κ3) is 1.72. The summed E-state index contributed by atoms with van der Waals surface area (Å²) in [4.78, 5) is 15.8. The molecule has 0 atom stereocenters. The number of thiophene rings is 1. The molecule has 0 saturated heterocycles. The highest BCUT2D eigenvalue weighted by molar-refractivity contribution is 7.08. The summed E-state index contributed by atoms with van der Waals surface area (Å²) >= 11 is 1.53. The van der Waals surface area contributed by atoms with Gasteiger partial charge in [0.25, 0.3) is 0 Å². The van der Waals surface area contributed by atoms with Crippen molar-refractivity contribution in [2.75, 3.05) is 0 Å². The van der Waals surface area contributed by atoms with Gasteiger partial charge in [0.1, 0.15) is 0 Å². The first-order chi connectivity index (χ1) is 6.77. The topological polar surface area (TPSA) is 30.0 Å². The van der Waals surface area contributed by atoms with Gasteiger partial charge in [-0.1, -0.05) is 0 Å². The molecule has 14 heavy (non-hydrogen) atoms. The molecule has 2 nitrogen and oxygen atoms in total. The molecule has 0 aliphatic heterocycles. The molecule has 0 N–H and O–H groups in total. The van der Waals surface area contributed by atoms with Gasteiger partial charge in [-0.15, -0.1) is 0 Å². The number of carbonyl (C=O) groups is 1. The van der Waals surface area contributed by atoms with Crippen molar-refractivity contribution in [1.82, 2.24) is 4.98 Å². The van der Waals surface area contributed by atoms with Crippen LogP contribution in [0.4, 0.5) is 0 Å². The largest absolute Gasteiger partial charge is 0.289 e. The van der Waals surface area contributed by atoms with Crippen LogP contribution in [0.1, 0.15) is 21.5 Å². The van der Waals surface area contributed by atoms with Crippen molar-refractivity contribution in [2.45, 2.75) is 6.92 Å². The molecule has 0 unspecified atom stereocenters. The second kappa shape index (κ2) is 3.72. The van der Waals surface area contributed by atoms with Crippen molar-refractivity contribution in [2.24, 2.45) is 0 Å². The van der Waals surface area contributed by atoms with Crippen molar-refractivity contribution in [3.63, 3.8) is 0 Å². The van der Waals surface area contributed by atoms with Gasteiger partial charge in [-0.3, -0.25) is 9.78 Å². The Labute approximate surface area is 86.2 Å². The van der Waals surface area contributed by atoms with Gasteiger partial charge < -0.3 is 0 Å². The highest BCUT2D eigenvalue weighted by Gasteiger charge is 2.09. The molecule has 0 saturated carbocycles. The summed E-state index contributed by atoms with van der Waals surface area (Å²) in [7, 11) is 0. The van der Waals surface area contributed by atoms with E-state index in [0.717, 1.165) is 11.1 Å². The highest BCUT2D eigenvalue weighted by atomic mass is 32.1. The first kappa shape index (κ1) is 9.09. The standard InChI is InChI=1S/C11H9NOS/c1-8-4-10(6-12-5-8)11(13)9-2-3-14-7-9/h2-7H,1H3. The summed E-state index contributed by atoms with van der Waals surface area (Å²) in [5.74, 6) is 0.0439. The van der Waals surface area contributed by atoms with E-state index in [4.69, 9.17) is 0 Å². The molecule has 3 heteroatoms. The van der Waals surface area contributed by atoms with E-state index in [2.05, 4.69) is 4.98 Å². The van der Waals surface area contributed by atoms with Gasteiger partial charge in [0, 0.05) is 28.9 Å². The first-order valence-corrected chi connectivity index (χ1v) is 5.20. The van der Waals surface area contributed by atoms with Crippen LogP contribution < -0.4 is 0 Å². The summed E-state index contributed by atoms with van der Waals surface area (Å²) in [5.41, 5.74) is 2.40. The van der Waals surface area contributed by atoms with Crippen LogP contribution >= 0.6 is 11.3 Å². The van der Waals surface area contributed by atoms with Crippen molar-refractivity contribution in [1.29, 1.82) is 0 Å². The zero-order valence-corrected chi connectivity index (χ0v) is 8.54. The first-order valence-electron chi connectivity index (χ1n) is 4.26. The second-order valence-corrected chi connectivity index (χ2v) is 3.87. The maximum Gasteiger partial charge on any atom is 0.195 e. The lowest BCUT2D eigenvalue weighted by atomic mass is 10.1. The molecule has 2 aromatic rings. The van der Waals surface area contributed by atoms with E-state index < -0.39 is 0 Å².